The second-order valence-corrected chi connectivity index (χ2v) is 5.52. The topological polar surface area (TPSA) is 45.2 Å². The first-order chi connectivity index (χ1) is 8.58. The molecule has 0 aliphatic carbocycles. The average Bonchev–Trinajstić information content (AvgIpc) is 2.86. The zero-order valence-electron chi connectivity index (χ0n) is 10.7. The number of halogens is 1. The molecule has 4 nitrogen and oxygen atoms in total. The minimum Gasteiger partial charge on any atom is -0.359 e. The summed E-state index contributed by atoms with van der Waals surface area (Å²) in [5.41, 5.74) is 0.917. The monoisotopic (exact) mass is 311 g/mol. The van der Waals surface area contributed by atoms with Gasteiger partial charge in [0.15, 0.2) is 0 Å². The lowest BCUT2D eigenvalue weighted by molar-refractivity contribution is -0.130. The molecule has 5 heteroatoms. The van der Waals surface area contributed by atoms with Gasteiger partial charge in [-0.2, -0.15) is 0 Å². The lowest BCUT2D eigenvalue weighted by Crippen LogP contribution is -2.39. The van der Waals surface area contributed by atoms with Crippen LogP contribution in [0.1, 0.15) is 25.5 Å². The number of pyridine rings is 1. The Kier molecular flexibility index (Phi) is 4.22. The first-order valence-corrected chi connectivity index (χ1v) is 7.05. The van der Waals surface area contributed by atoms with Crippen molar-refractivity contribution in [2.24, 2.45) is 0 Å². The van der Waals surface area contributed by atoms with E-state index in [4.69, 9.17) is 0 Å². The van der Waals surface area contributed by atoms with Crippen LogP contribution in [0.15, 0.2) is 16.6 Å². The number of anilines is 1. The maximum absolute atomic E-state index is 12.1. The van der Waals surface area contributed by atoms with E-state index >= 15 is 0 Å². The molecule has 0 bridgehead atoms. The Labute approximate surface area is 116 Å². The molecular weight excluding hydrogens is 294 g/mol. The summed E-state index contributed by atoms with van der Waals surface area (Å²) < 4.78 is 0.978. The molecule has 1 aromatic heterocycles. The van der Waals surface area contributed by atoms with Crippen molar-refractivity contribution in [3.63, 3.8) is 0 Å². The molecule has 0 aromatic carbocycles. The highest BCUT2D eigenvalue weighted by Crippen LogP contribution is 2.17. The molecule has 1 aliphatic rings. The molecule has 1 aliphatic heterocycles. The molecule has 2 heterocycles. The number of amides is 1. The number of likely N-dealkylation sites (tertiary alicyclic amines) is 1. The summed E-state index contributed by atoms with van der Waals surface area (Å²) in [4.78, 5) is 18.4. The molecule has 1 amide bonds. The second kappa shape index (κ2) is 5.69. The highest BCUT2D eigenvalue weighted by atomic mass is 79.9. The summed E-state index contributed by atoms with van der Waals surface area (Å²) in [5.74, 6) is 0.908. The molecule has 2 rings (SSSR count). The van der Waals surface area contributed by atoms with Crippen LogP contribution in [0.5, 0.6) is 0 Å². The summed E-state index contributed by atoms with van der Waals surface area (Å²) >= 11 is 3.41. The number of carbonyl (C=O) groups is 1. The number of nitrogens with one attached hydrogen (secondary N) is 1. The third kappa shape index (κ3) is 3.02. The van der Waals surface area contributed by atoms with Crippen LogP contribution < -0.4 is 5.32 Å². The zero-order valence-corrected chi connectivity index (χ0v) is 12.3. The maximum Gasteiger partial charge on any atom is 0.244 e. The number of aryl methyl sites for hydroxylation is 1. The number of hydrogen-bond donors (Lipinski definition) is 1. The van der Waals surface area contributed by atoms with Crippen molar-refractivity contribution in [1.82, 2.24) is 9.88 Å². The van der Waals surface area contributed by atoms with Gasteiger partial charge in [-0.3, -0.25) is 4.79 Å². The summed E-state index contributed by atoms with van der Waals surface area (Å²) in [5, 5.41) is 3.16. The highest BCUT2D eigenvalue weighted by molar-refractivity contribution is 9.10. The van der Waals surface area contributed by atoms with E-state index in [9.17, 15) is 4.79 Å². The van der Waals surface area contributed by atoms with Gasteiger partial charge in [0, 0.05) is 17.6 Å². The number of carbonyl (C=O) groups excluding carboxylic acids is 1. The fraction of sp³-hybridized carbons (Fsp3) is 0.538. The molecule has 0 saturated carbocycles. The van der Waals surface area contributed by atoms with Crippen molar-refractivity contribution < 1.29 is 4.79 Å². The Morgan fingerprint density at radius 1 is 1.44 bits per heavy atom. The minimum atomic E-state index is -0.226. The molecule has 98 valence electrons. The van der Waals surface area contributed by atoms with E-state index in [0.29, 0.717) is 0 Å². The Morgan fingerprint density at radius 3 is 2.72 bits per heavy atom. The third-order valence-corrected chi connectivity index (χ3v) is 4.01. The standard InChI is InChI=1S/C13H18BrN3O/c1-9-11(14)5-6-12(15-9)16-10(2)13(18)17-7-3-4-8-17/h5-6,10H,3-4,7-8H2,1-2H3,(H,15,16). The number of nitrogens with zero attached hydrogens (tertiary/aromatic N) is 2. The molecule has 0 radical (unpaired) electrons. The third-order valence-electron chi connectivity index (χ3n) is 3.17. The molecule has 1 aromatic rings. The van der Waals surface area contributed by atoms with Crippen LogP contribution in [0.3, 0.4) is 0 Å². The van der Waals surface area contributed by atoms with E-state index in [1.807, 2.05) is 30.9 Å². The van der Waals surface area contributed by atoms with Gasteiger partial charge < -0.3 is 10.2 Å². The molecule has 0 spiro atoms. The van der Waals surface area contributed by atoms with Crippen molar-refractivity contribution in [2.75, 3.05) is 18.4 Å². The predicted octanol–water partition coefficient (Wildman–Crippen LogP) is 2.58. The van der Waals surface area contributed by atoms with Crippen molar-refractivity contribution in [3.05, 3.63) is 22.3 Å². The van der Waals surface area contributed by atoms with Crippen molar-refractivity contribution in [1.29, 1.82) is 0 Å². The van der Waals surface area contributed by atoms with Crippen molar-refractivity contribution in [3.8, 4) is 0 Å². The fourth-order valence-corrected chi connectivity index (χ4v) is 2.34. The maximum atomic E-state index is 12.1. The first kappa shape index (κ1) is 13.3. The van der Waals surface area contributed by atoms with Crippen LogP contribution in [-0.2, 0) is 4.79 Å². The van der Waals surface area contributed by atoms with Gasteiger partial charge in [0.25, 0.3) is 0 Å². The van der Waals surface area contributed by atoms with Gasteiger partial charge in [-0.05, 0) is 54.8 Å². The molecule has 1 unspecified atom stereocenters. The van der Waals surface area contributed by atoms with Gasteiger partial charge in [-0.15, -0.1) is 0 Å². The van der Waals surface area contributed by atoms with Gasteiger partial charge >= 0.3 is 0 Å². The largest absolute Gasteiger partial charge is 0.359 e. The van der Waals surface area contributed by atoms with Gasteiger partial charge in [0.1, 0.15) is 11.9 Å². The van der Waals surface area contributed by atoms with Crippen LogP contribution in [0.25, 0.3) is 0 Å². The average molecular weight is 312 g/mol. The van der Waals surface area contributed by atoms with E-state index in [2.05, 4.69) is 26.2 Å². The molecule has 1 N–H and O–H groups in total. The van der Waals surface area contributed by atoms with Crippen molar-refractivity contribution >= 4 is 27.7 Å². The van der Waals surface area contributed by atoms with Crippen LogP contribution in [0, 0.1) is 6.92 Å². The van der Waals surface area contributed by atoms with Crippen molar-refractivity contribution in [2.45, 2.75) is 32.7 Å². The molecule has 1 fully saturated rings. The van der Waals surface area contributed by atoms with Gasteiger partial charge in [-0.25, -0.2) is 4.98 Å². The lowest BCUT2D eigenvalue weighted by atomic mass is 10.3. The summed E-state index contributed by atoms with van der Waals surface area (Å²) in [7, 11) is 0. The fourth-order valence-electron chi connectivity index (χ4n) is 2.12. The number of aromatic nitrogens is 1. The van der Waals surface area contributed by atoms with E-state index in [1.165, 1.54) is 0 Å². The van der Waals surface area contributed by atoms with Crippen LogP contribution in [-0.4, -0.2) is 34.9 Å². The minimum absolute atomic E-state index is 0.162. The molecule has 18 heavy (non-hydrogen) atoms. The Balaban J connectivity index is 1.99. The van der Waals surface area contributed by atoms with E-state index in [0.717, 1.165) is 41.9 Å². The molecule has 1 atom stereocenters. The van der Waals surface area contributed by atoms with Crippen LogP contribution >= 0.6 is 15.9 Å². The Bertz CT molecular complexity index is 444. The Morgan fingerprint density at radius 2 is 2.11 bits per heavy atom. The van der Waals surface area contributed by atoms with Crippen LogP contribution in [0.4, 0.5) is 5.82 Å². The Hall–Kier alpha value is -1.10. The van der Waals surface area contributed by atoms with Gasteiger partial charge in [-0.1, -0.05) is 0 Å². The summed E-state index contributed by atoms with van der Waals surface area (Å²) in [6, 6.07) is 3.60. The van der Waals surface area contributed by atoms with Gasteiger partial charge in [0.05, 0.1) is 5.69 Å². The van der Waals surface area contributed by atoms with Gasteiger partial charge in [0.2, 0.25) is 5.91 Å². The summed E-state index contributed by atoms with van der Waals surface area (Å²) in [6.45, 7) is 5.59. The smallest absolute Gasteiger partial charge is 0.244 e. The molecule has 1 saturated heterocycles. The van der Waals surface area contributed by atoms with Crippen LogP contribution in [0.2, 0.25) is 0 Å². The second-order valence-electron chi connectivity index (χ2n) is 4.66. The predicted molar refractivity (Wildman–Crippen MR) is 75.6 cm³/mol. The van der Waals surface area contributed by atoms with E-state index in [-0.39, 0.29) is 11.9 Å². The van der Waals surface area contributed by atoms with E-state index < -0.39 is 0 Å². The number of hydrogen-bond acceptors (Lipinski definition) is 3. The lowest BCUT2D eigenvalue weighted by Gasteiger charge is -2.21. The normalized spacial score (nSPS) is 16.7. The SMILES string of the molecule is Cc1nc(NC(C)C(=O)N2CCCC2)ccc1Br. The number of rotatable bonds is 3. The molecular formula is C13H18BrN3O. The highest BCUT2D eigenvalue weighted by Gasteiger charge is 2.23. The quantitative estimate of drug-likeness (QED) is 0.933. The van der Waals surface area contributed by atoms with E-state index in [1.54, 1.807) is 0 Å². The summed E-state index contributed by atoms with van der Waals surface area (Å²) in [6.07, 6.45) is 2.24. The first-order valence-electron chi connectivity index (χ1n) is 6.26. The zero-order chi connectivity index (χ0) is 13.1.